The van der Waals surface area contributed by atoms with Gasteiger partial charge in [-0.25, -0.2) is 9.59 Å². The highest BCUT2D eigenvalue weighted by atomic mass is 32.2. The average molecular weight is 311 g/mol. The molecule has 2 amide bonds. The minimum Gasteiger partial charge on any atom is -0.477 e. The van der Waals surface area contributed by atoms with Crippen LogP contribution in [0.15, 0.2) is 6.07 Å². The van der Waals surface area contributed by atoms with E-state index >= 15 is 0 Å². The van der Waals surface area contributed by atoms with E-state index in [2.05, 4.69) is 21.9 Å². The molecule has 0 bridgehead atoms. The maximum Gasteiger partial charge on any atom is 0.354 e. The summed E-state index contributed by atoms with van der Waals surface area (Å²) in [6.45, 7) is 1.75. The molecule has 7 heteroatoms. The number of aromatic carboxylic acids is 1. The largest absolute Gasteiger partial charge is 0.477 e. The molecule has 2 rings (SSSR count). The van der Waals surface area contributed by atoms with Crippen LogP contribution in [0.3, 0.4) is 0 Å². The zero-order valence-corrected chi connectivity index (χ0v) is 13.0. The first-order valence-corrected chi connectivity index (χ1v) is 8.33. The van der Waals surface area contributed by atoms with Crippen LogP contribution in [0.25, 0.3) is 0 Å². The molecule has 2 unspecified atom stereocenters. The highest BCUT2D eigenvalue weighted by Gasteiger charge is 2.26. The van der Waals surface area contributed by atoms with Gasteiger partial charge in [-0.05, 0) is 32.1 Å². The van der Waals surface area contributed by atoms with Gasteiger partial charge in [-0.15, -0.1) is 0 Å². The summed E-state index contributed by atoms with van der Waals surface area (Å²) in [7, 11) is 0. The van der Waals surface area contributed by atoms with Gasteiger partial charge in [0.25, 0.3) is 0 Å². The molecular weight excluding hydrogens is 290 g/mol. The van der Waals surface area contributed by atoms with Gasteiger partial charge in [0.1, 0.15) is 5.69 Å². The highest BCUT2D eigenvalue weighted by molar-refractivity contribution is 7.99. The van der Waals surface area contributed by atoms with Crippen molar-refractivity contribution in [3.05, 3.63) is 17.5 Å². The lowest BCUT2D eigenvalue weighted by atomic mass is 9.95. The van der Waals surface area contributed by atoms with Gasteiger partial charge in [-0.1, -0.05) is 12.8 Å². The van der Waals surface area contributed by atoms with Crippen LogP contribution in [-0.2, 0) is 0 Å². The monoisotopic (exact) mass is 311 g/mol. The number of carboxylic acid groups (broad SMARTS) is 1. The average Bonchev–Trinajstić information content (AvgIpc) is 2.80. The van der Waals surface area contributed by atoms with Gasteiger partial charge in [0.2, 0.25) is 0 Å². The topological polar surface area (TPSA) is 94.2 Å². The summed E-state index contributed by atoms with van der Waals surface area (Å²) in [5.41, 5.74) is 1.00. The van der Waals surface area contributed by atoms with Crippen LogP contribution in [-0.4, -0.2) is 39.6 Å². The van der Waals surface area contributed by atoms with Gasteiger partial charge in [-0.3, -0.25) is 0 Å². The zero-order valence-electron chi connectivity index (χ0n) is 12.2. The van der Waals surface area contributed by atoms with Crippen molar-refractivity contribution in [2.75, 3.05) is 11.6 Å². The number of anilines is 1. The molecule has 0 saturated heterocycles. The van der Waals surface area contributed by atoms with Crippen LogP contribution in [0.2, 0.25) is 0 Å². The van der Waals surface area contributed by atoms with Gasteiger partial charge in [-0.2, -0.15) is 11.8 Å². The molecule has 1 fully saturated rings. The van der Waals surface area contributed by atoms with Gasteiger partial charge in [0, 0.05) is 17.0 Å². The van der Waals surface area contributed by atoms with Crippen LogP contribution in [0.4, 0.5) is 10.5 Å². The first-order chi connectivity index (χ1) is 10.0. The van der Waals surface area contributed by atoms with Gasteiger partial charge in [0.05, 0.1) is 5.69 Å². The first kappa shape index (κ1) is 15.8. The molecule has 1 aromatic heterocycles. The Morgan fingerprint density at radius 2 is 2.10 bits per heavy atom. The Hall–Kier alpha value is -1.63. The molecule has 0 aromatic carbocycles. The van der Waals surface area contributed by atoms with Crippen molar-refractivity contribution >= 4 is 29.4 Å². The number of hydrogen-bond acceptors (Lipinski definition) is 3. The molecule has 6 nitrogen and oxygen atoms in total. The van der Waals surface area contributed by atoms with Crippen LogP contribution < -0.4 is 10.6 Å². The van der Waals surface area contributed by atoms with Crippen molar-refractivity contribution in [1.29, 1.82) is 0 Å². The number of carboxylic acids is 1. The van der Waals surface area contributed by atoms with Crippen molar-refractivity contribution in [2.24, 2.45) is 0 Å². The Bertz CT molecular complexity index is 530. The molecule has 1 heterocycles. The van der Waals surface area contributed by atoms with Gasteiger partial charge >= 0.3 is 12.0 Å². The molecule has 1 aliphatic rings. The number of amides is 2. The van der Waals surface area contributed by atoms with E-state index in [1.54, 1.807) is 24.8 Å². The fourth-order valence-electron chi connectivity index (χ4n) is 2.73. The Morgan fingerprint density at radius 3 is 2.76 bits per heavy atom. The number of rotatable bonds is 4. The number of urea groups is 1. The maximum atomic E-state index is 12.1. The Labute approximate surface area is 128 Å². The lowest BCUT2D eigenvalue weighted by Gasteiger charge is -2.30. The van der Waals surface area contributed by atoms with E-state index in [9.17, 15) is 9.59 Å². The third kappa shape index (κ3) is 3.93. The number of hydrogen-bond donors (Lipinski definition) is 4. The van der Waals surface area contributed by atoms with Crippen molar-refractivity contribution < 1.29 is 14.7 Å². The molecule has 21 heavy (non-hydrogen) atoms. The van der Waals surface area contributed by atoms with Crippen molar-refractivity contribution in [2.45, 2.75) is 43.9 Å². The van der Waals surface area contributed by atoms with E-state index in [1.807, 2.05) is 0 Å². The summed E-state index contributed by atoms with van der Waals surface area (Å²) >= 11 is 1.77. The predicted octanol–water partition coefficient (Wildman–Crippen LogP) is 2.82. The minimum absolute atomic E-state index is 0.00714. The second-order valence-corrected chi connectivity index (χ2v) is 6.39. The second-order valence-electron chi connectivity index (χ2n) is 5.31. The Balaban J connectivity index is 2.00. The number of aromatic amines is 1. The van der Waals surface area contributed by atoms with Crippen molar-refractivity contribution in [3.63, 3.8) is 0 Å². The van der Waals surface area contributed by atoms with Crippen LogP contribution in [0.5, 0.6) is 0 Å². The van der Waals surface area contributed by atoms with E-state index in [-0.39, 0.29) is 17.8 Å². The third-order valence-corrected chi connectivity index (χ3v) is 4.91. The molecule has 0 radical (unpaired) electrons. The van der Waals surface area contributed by atoms with E-state index < -0.39 is 5.97 Å². The van der Waals surface area contributed by atoms with E-state index in [0.29, 0.717) is 16.6 Å². The molecule has 4 N–H and O–H groups in total. The molecule has 0 aliphatic heterocycles. The predicted molar refractivity (Wildman–Crippen MR) is 84.2 cm³/mol. The van der Waals surface area contributed by atoms with E-state index in [4.69, 9.17) is 5.11 Å². The van der Waals surface area contributed by atoms with E-state index in [0.717, 1.165) is 19.3 Å². The summed E-state index contributed by atoms with van der Waals surface area (Å²) in [4.78, 5) is 25.9. The quantitative estimate of drug-likeness (QED) is 0.688. The van der Waals surface area contributed by atoms with Crippen molar-refractivity contribution in [3.8, 4) is 0 Å². The number of aromatic nitrogens is 1. The molecule has 2 atom stereocenters. The fourth-order valence-corrected chi connectivity index (χ4v) is 3.66. The first-order valence-electron chi connectivity index (χ1n) is 7.04. The summed E-state index contributed by atoms with van der Waals surface area (Å²) in [5, 5.41) is 15.1. The fraction of sp³-hybridized carbons (Fsp3) is 0.571. The zero-order chi connectivity index (χ0) is 15.4. The summed E-state index contributed by atoms with van der Waals surface area (Å²) in [5.74, 6) is -1.09. The number of aryl methyl sites for hydroxylation is 1. The molecular formula is C14H21N3O3S. The lowest BCUT2D eigenvalue weighted by molar-refractivity contribution is 0.0692. The maximum absolute atomic E-state index is 12.1. The van der Waals surface area contributed by atoms with Gasteiger partial charge < -0.3 is 20.7 Å². The highest BCUT2D eigenvalue weighted by Crippen LogP contribution is 2.27. The lowest BCUT2D eigenvalue weighted by Crippen LogP contribution is -2.45. The molecule has 0 spiro atoms. The minimum atomic E-state index is -1.09. The summed E-state index contributed by atoms with van der Waals surface area (Å²) < 4.78 is 0. The van der Waals surface area contributed by atoms with E-state index in [1.165, 1.54) is 6.42 Å². The van der Waals surface area contributed by atoms with Crippen LogP contribution >= 0.6 is 11.8 Å². The Morgan fingerprint density at radius 1 is 1.38 bits per heavy atom. The third-order valence-electron chi connectivity index (χ3n) is 3.74. The second kappa shape index (κ2) is 6.89. The summed E-state index contributed by atoms with van der Waals surface area (Å²) in [6.07, 6.45) is 6.45. The number of carbonyl (C=O) groups is 2. The number of nitrogens with one attached hydrogen (secondary N) is 3. The van der Waals surface area contributed by atoms with Crippen LogP contribution in [0, 0.1) is 6.92 Å². The molecule has 116 valence electrons. The van der Waals surface area contributed by atoms with Crippen LogP contribution in [0.1, 0.15) is 41.9 Å². The number of carbonyl (C=O) groups excluding carboxylic acids is 1. The molecule has 1 saturated carbocycles. The standard InChI is InChI=1S/C14H21N3O3S/c1-8-7-10(12(15-8)13(18)19)17-14(20)16-9-5-3-4-6-11(9)21-2/h7,9,11,15H,3-6H2,1-2H3,(H,18,19)(H2,16,17,20). The normalized spacial score (nSPS) is 21.8. The SMILES string of the molecule is CSC1CCCCC1NC(=O)Nc1cc(C)[nH]c1C(=O)O. The molecule has 1 aliphatic carbocycles. The van der Waals surface area contributed by atoms with Gasteiger partial charge in [0.15, 0.2) is 0 Å². The Kier molecular flexibility index (Phi) is 5.17. The molecule has 1 aromatic rings. The number of thioether (sulfide) groups is 1. The number of H-pyrrole nitrogens is 1. The smallest absolute Gasteiger partial charge is 0.354 e. The summed E-state index contributed by atoms with van der Waals surface area (Å²) in [6, 6.07) is 1.42. The van der Waals surface area contributed by atoms with Crippen molar-refractivity contribution in [1.82, 2.24) is 10.3 Å².